The minimum absolute atomic E-state index is 0. The summed E-state index contributed by atoms with van der Waals surface area (Å²) in [7, 11) is -2.44. The van der Waals surface area contributed by atoms with Crippen LogP contribution in [0.25, 0.3) is 44.1 Å². The maximum Gasteiger partial charge on any atom is 2.00 e. The molecule has 0 aliphatic carbocycles. The van der Waals surface area contributed by atoms with E-state index < -0.39 is 43.2 Å². The smallest absolute Gasteiger partial charge is 0.859 e. The molecule has 0 atom stereocenters. The van der Waals surface area contributed by atoms with Crippen molar-refractivity contribution >= 4 is 87.3 Å². The molecule has 0 amide bonds. The molecule has 0 bridgehead atoms. The van der Waals surface area contributed by atoms with Crippen LogP contribution in [0.3, 0.4) is 0 Å². The topological polar surface area (TPSA) is 344 Å². The number of pyridine rings is 8. The van der Waals surface area contributed by atoms with Crippen molar-refractivity contribution in [2.75, 3.05) is 50.0 Å². The molecule has 0 radical (unpaired) electrons. The van der Waals surface area contributed by atoms with E-state index in [1.54, 1.807) is 98.6 Å². The van der Waals surface area contributed by atoms with Crippen molar-refractivity contribution in [1.29, 1.82) is 0 Å². The van der Waals surface area contributed by atoms with Crippen molar-refractivity contribution in [2.24, 2.45) is 0 Å². The monoisotopic (exact) mass is 1150 g/mol. The summed E-state index contributed by atoms with van der Waals surface area (Å²) in [6.45, 7) is 0. The Kier molecular flexibility index (Phi) is 31.5. The van der Waals surface area contributed by atoms with Gasteiger partial charge in [0.25, 0.3) is 0 Å². The van der Waals surface area contributed by atoms with Crippen LogP contribution in [0.4, 0.5) is 0 Å². The Morgan fingerprint density at radius 3 is 0.606 bits per heavy atom. The van der Waals surface area contributed by atoms with E-state index in [9.17, 15) is 56.4 Å². The Labute approximate surface area is 415 Å². The molecule has 0 fully saturated rings. The minimum Gasteiger partial charge on any atom is -0.859 e. The third-order valence-corrected chi connectivity index (χ3v) is 6.23. The zero-order valence-corrected chi connectivity index (χ0v) is 43.7. The van der Waals surface area contributed by atoms with Crippen molar-refractivity contribution in [1.82, 2.24) is 39.9 Å². The largest absolute Gasteiger partial charge is 2.00 e. The van der Waals surface area contributed by atoms with Crippen LogP contribution in [-0.4, -0.2) is 107 Å². The Bertz CT molecular complexity index is 2670. The molecule has 8 aromatic heterocycles. The fourth-order valence-electron chi connectivity index (χ4n) is 4.04. The third kappa shape index (κ3) is 28.5. The standard InChI is InChI=1S/4C8H6N2O2.4C2H6OS.2Mo/c4*11-6-3-1-5-2-4-7(12)10-8(5)9-6;4*1-4(2)3;;/h4*1-4H,(H2,9,10,11,12);4*1-2H3;;/q;;;;;;;;2*+2/p-4. The molecule has 352 valence electrons. The Balaban J connectivity index is 0. The number of hydrogen-bond donors (Lipinski definition) is 4. The molecule has 8 rings (SSSR count). The minimum atomic E-state index is -0.611. The molecule has 8 aromatic rings. The second-order valence-corrected chi connectivity index (χ2v) is 18.5. The number of nitrogens with zero attached hydrogens (tertiary/aromatic N) is 4. The maximum absolute atomic E-state index is 10.8. The van der Waals surface area contributed by atoms with Gasteiger partial charge in [0.05, 0.1) is 0 Å². The van der Waals surface area contributed by atoms with Gasteiger partial charge in [-0.2, -0.15) is 0 Å². The molecule has 4 N–H and O–H groups in total. The molecule has 0 aromatic carbocycles. The molecule has 0 spiro atoms. The van der Waals surface area contributed by atoms with Gasteiger partial charge in [-0.15, -0.1) is 0 Å². The van der Waals surface area contributed by atoms with E-state index in [4.69, 9.17) is 0 Å². The van der Waals surface area contributed by atoms with Crippen LogP contribution in [0.5, 0.6) is 23.5 Å². The summed E-state index contributed by atoms with van der Waals surface area (Å²) in [6.07, 6.45) is 13.1. The van der Waals surface area contributed by atoms with Gasteiger partial charge in [-0.1, -0.05) is 48.5 Å². The quantitative estimate of drug-likeness (QED) is 0.145. The Morgan fingerprint density at radius 2 is 0.455 bits per heavy atom. The van der Waals surface area contributed by atoms with Crippen LogP contribution < -0.4 is 42.7 Å². The van der Waals surface area contributed by atoms with E-state index in [0.717, 1.165) is 21.5 Å². The summed E-state index contributed by atoms with van der Waals surface area (Å²) in [6, 6.07) is 24.0. The average molecular weight is 1150 g/mol. The van der Waals surface area contributed by atoms with Gasteiger partial charge in [0.1, 0.15) is 22.6 Å². The number of nitrogens with one attached hydrogen (secondary N) is 4. The number of hydrogen-bond acceptors (Lipinski definition) is 16. The predicted molar refractivity (Wildman–Crippen MR) is 247 cm³/mol. The van der Waals surface area contributed by atoms with Crippen molar-refractivity contribution in [3.8, 4) is 23.5 Å². The molecule has 0 saturated carbocycles. The molecular weight excluding hydrogens is 1100 g/mol. The fourth-order valence-corrected chi connectivity index (χ4v) is 4.04. The van der Waals surface area contributed by atoms with E-state index >= 15 is 0 Å². The maximum atomic E-state index is 10.8. The SMILES string of the molecule is CS(C)=O.CS(C)=O.CS(C)=O.CS(C)=O.O=c1ccc2ccc([O-])nc2[nH]1.O=c1ccc2ccc([O-])nc2[nH]1.O=c1ccc2ccc([O-])nc2[nH]1.O=c1ccc2ccc([O-])nc2[nH]1.[Mo+2].[Mo+2]. The number of rotatable bonds is 0. The van der Waals surface area contributed by atoms with Crippen LogP contribution in [0, 0.1) is 0 Å². The number of H-pyrrole nitrogens is 4. The van der Waals surface area contributed by atoms with E-state index in [1.165, 1.54) is 48.5 Å². The molecule has 20 nitrogen and oxygen atoms in total. The first kappa shape index (κ1) is 62.7. The summed E-state index contributed by atoms with van der Waals surface area (Å²) in [5.74, 6) is -1.37. The molecule has 0 unspecified atom stereocenters. The summed E-state index contributed by atoms with van der Waals surface area (Å²) in [5.41, 5.74) is 0.373. The molecule has 0 aliphatic heterocycles. The zero-order chi connectivity index (χ0) is 48.5. The summed E-state index contributed by atoms with van der Waals surface area (Å²) in [5, 5.41) is 46.1. The van der Waals surface area contributed by atoms with Crippen LogP contribution in [0.2, 0.25) is 0 Å². The van der Waals surface area contributed by atoms with Crippen molar-refractivity contribution in [2.45, 2.75) is 0 Å². The summed E-state index contributed by atoms with van der Waals surface area (Å²) in [4.78, 5) is 67.5. The van der Waals surface area contributed by atoms with E-state index in [0.29, 0.717) is 22.6 Å². The predicted octanol–water partition coefficient (Wildman–Crippen LogP) is -0.0394. The van der Waals surface area contributed by atoms with Crippen LogP contribution in [0.15, 0.2) is 116 Å². The van der Waals surface area contributed by atoms with Gasteiger partial charge in [0.15, 0.2) is 0 Å². The Hall–Kier alpha value is -5.38. The van der Waals surface area contributed by atoms with Crippen LogP contribution >= 0.6 is 0 Å². The Morgan fingerprint density at radius 1 is 0.318 bits per heavy atom. The summed E-state index contributed by atoms with van der Waals surface area (Å²) < 4.78 is 38.2. The third-order valence-electron chi connectivity index (χ3n) is 6.23. The van der Waals surface area contributed by atoms with E-state index in [2.05, 4.69) is 39.9 Å². The molecule has 8 heterocycles. The average Bonchev–Trinajstić information content (AvgIpc) is 3.17. The summed E-state index contributed by atoms with van der Waals surface area (Å²) >= 11 is 0. The van der Waals surface area contributed by atoms with Gasteiger partial charge >= 0.3 is 42.1 Å². The van der Waals surface area contributed by atoms with Gasteiger partial charge in [0, 0.05) is 139 Å². The first-order valence-corrected chi connectivity index (χ1v) is 25.5. The van der Waals surface area contributed by atoms with Crippen molar-refractivity contribution in [3.05, 3.63) is 138 Å². The van der Waals surface area contributed by atoms with Gasteiger partial charge in [0.2, 0.25) is 22.2 Å². The first-order valence-electron chi connectivity index (χ1n) is 17.6. The van der Waals surface area contributed by atoms with E-state index in [1.807, 2.05) is 0 Å². The molecule has 26 heteroatoms. The van der Waals surface area contributed by atoms with Gasteiger partial charge in [-0.3, -0.25) is 36.0 Å². The first-order chi connectivity index (χ1) is 29.9. The molecular formula is C40H44Mo2N8O12S4. The van der Waals surface area contributed by atoms with E-state index in [-0.39, 0.29) is 87.9 Å². The number of aromatic amines is 4. The van der Waals surface area contributed by atoms with Crippen LogP contribution in [0.1, 0.15) is 0 Å². The zero-order valence-electron chi connectivity index (χ0n) is 36.4. The van der Waals surface area contributed by atoms with Crippen LogP contribution in [-0.2, 0) is 85.3 Å². The number of aromatic nitrogens is 8. The van der Waals surface area contributed by atoms with Gasteiger partial charge in [-0.25, -0.2) is 19.9 Å². The fraction of sp³-hybridized carbons (Fsp3) is 0.200. The molecule has 0 aliphatic rings. The normalized spacial score (nSPS) is 9.64. The molecule has 0 saturated heterocycles. The van der Waals surface area contributed by atoms with Gasteiger partial charge in [-0.05, 0) is 47.8 Å². The second-order valence-electron chi connectivity index (χ2n) is 12.6. The number of fused-ring (bicyclic) bond motifs is 4. The van der Waals surface area contributed by atoms with Crippen molar-refractivity contribution < 1.29 is 79.4 Å². The molecule has 66 heavy (non-hydrogen) atoms. The second kappa shape index (κ2) is 33.1. The van der Waals surface area contributed by atoms with Crippen molar-refractivity contribution in [3.63, 3.8) is 0 Å². The van der Waals surface area contributed by atoms with Gasteiger partial charge < -0.3 is 40.4 Å².